The van der Waals surface area contributed by atoms with Crippen molar-refractivity contribution in [2.45, 2.75) is 13.0 Å². The van der Waals surface area contributed by atoms with Crippen molar-refractivity contribution >= 4 is 28.5 Å². The summed E-state index contributed by atoms with van der Waals surface area (Å²) in [7, 11) is 0. The number of H-pyrrole nitrogens is 1. The fraction of sp³-hybridized carbons (Fsp3) is 0.227. The number of ether oxygens (including phenoxy) is 2. The number of hydrogen-bond acceptors (Lipinski definition) is 8. The van der Waals surface area contributed by atoms with Crippen LogP contribution in [0.25, 0.3) is 22.3 Å². The van der Waals surface area contributed by atoms with Crippen molar-refractivity contribution in [3.63, 3.8) is 0 Å². The number of aromatic amines is 1. The Kier molecular flexibility index (Phi) is 7.06. The molecular weight excluding hydrogens is 472 g/mol. The van der Waals surface area contributed by atoms with Gasteiger partial charge in [0.1, 0.15) is 24.0 Å². The Bertz CT molecular complexity index is 1320. The van der Waals surface area contributed by atoms with Crippen molar-refractivity contribution < 1.29 is 28.5 Å². The van der Waals surface area contributed by atoms with E-state index < -0.39 is 17.7 Å². The van der Waals surface area contributed by atoms with Gasteiger partial charge in [-0.05, 0) is 37.3 Å². The van der Waals surface area contributed by atoms with E-state index in [-0.39, 0.29) is 43.0 Å². The molecule has 12 heteroatoms. The Morgan fingerprint density at radius 1 is 1.18 bits per heavy atom. The Balaban J connectivity index is 1.80. The van der Waals surface area contributed by atoms with Crippen LogP contribution in [0.15, 0.2) is 36.4 Å². The lowest BCUT2D eigenvalue weighted by Crippen LogP contribution is -2.16. The normalized spacial score (nSPS) is 12.1. The lowest BCUT2D eigenvalue weighted by molar-refractivity contribution is 0.201. The monoisotopic (exact) mass is 491 g/mol. The number of anilines is 1. The first-order valence-corrected chi connectivity index (χ1v) is 10.6. The van der Waals surface area contributed by atoms with E-state index in [9.17, 15) is 13.9 Å². The predicted octanol–water partition coefficient (Wildman–Crippen LogP) is 3.91. The highest BCUT2D eigenvalue weighted by Crippen LogP contribution is 2.37. The molecule has 4 aromatic rings. The zero-order valence-corrected chi connectivity index (χ0v) is 18.6. The van der Waals surface area contributed by atoms with Gasteiger partial charge in [-0.1, -0.05) is 11.6 Å². The zero-order valence-electron chi connectivity index (χ0n) is 17.8. The number of aliphatic hydroxyl groups excluding tert-OH is 2. The average Bonchev–Trinajstić information content (AvgIpc) is 3.22. The smallest absolute Gasteiger partial charge is 0.326 e. The molecule has 0 fully saturated rings. The van der Waals surface area contributed by atoms with Gasteiger partial charge < -0.3 is 25.0 Å². The maximum atomic E-state index is 14.1. The van der Waals surface area contributed by atoms with Crippen LogP contribution in [0.5, 0.6) is 17.5 Å². The lowest BCUT2D eigenvalue weighted by atomic mass is 10.1. The van der Waals surface area contributed by atoms with Crippen molar-refractivity contribution in [1.29, 1.82) is 0 Å². The number of hydrogen-bond donors (Lipinski definition) is 4. The van der Waals surface area contributed by atoms with Crippen LogP contribution in [0.2, 0.25) is 5.02 Å². The minimum absolute atomic E-state index is 0.107. The van der Waals surface area contributed by atoms with Gasteiger partial charge in [-0.15, -0.1) is 0 Å². The zero-order chi connectivity index (χ0) is 24.2. The van der Waals surface area contributed by atoms with Crippen LogP contribution in [0.4, 0.5) is 14.6 Å². The molecule has 0 aliphatic heterocycles. The van der Waals surface area contributed by atoms with Gasteiger partial charge in [0.2, 0.25) is 0 Å². The Morgan fingerprint density at radius 3 is 2.74 bits per heavy atom. The predicted molar refractivity (Wildman–Crippen MR) is 121 cm³/mol. The molecule has 0 aliphatic rings. The summed E-state index contributed by atoms with van der Waals surface area (Å²) >= 11 is 6.42. The minimum Gasteiger partial charge on any atom is -0.491 e. The van der Waals surface area contributed by atoms with Crippen molar-refractivity contribution in [2.24, 2.45) is 0 Å². The average molecular weight is 492 g/mol. The van der Waals surface area contributed by atoms with Crippen LogP contribution in [-0.4, -0.2) is 56.2 Å². The molecule has 0 saturated heterocycles. The van der Waals surface area contributed by atoms with Gasteiger partial charge in [0, 0.05) is 18.2 Å². The standard InChI is InChI=1S/C22H20ClF2N5O4/c1-11(32)10-26-20-18-19(14-9-13(33-7-6-31)3-4-15(14)23)29-30-21(18)28-22(27-20)34-17-5-2-12(24)8-16(17)25/h2-5,8-9,11,31-32H,6-7,10H2,1H3,(H2,26,27,28,29,30). The summed E-state index contributed by atoms with van der Waals surface area (Å²) in [5.74, 6) is -1.22. The number of halogens is 3. The maximum absolute atomic E-state index is 14.1. The molecule has 1 atom stereocenters. The van der Waals surface area contributed by atoms with Crippen molar-refractivity contribution in [3.8, 4) is 28.8 Å². The second kappa shape index (κ2) is 10.2. The summed E-state index contributed by atoms with van der Waals surface area (Å²) < 4.78 is 38.2. The molecule has 0 amide bonds. The van der Waals surface area contributed by atoms with Crippen LogP contribution in [0, 0.1) is 11.6 Å². The molecule has 2 aromatic heterocycles. The van der Waals surface area contributed by atoms with E-state index in [0.29, 0.717) is 33.5 Å². The number of aliphatic hydroxyl groups is 2. The Labute approximate surface area is 197 Å². The first-order chi connectivity index (χ1) is 16.4. The van der Waals surface area contributed by atoms with Crippen molar-refractivity contribution in [1.82, 2.24) is 20.2 Å². The van der Waals surface area contributed by atoms with Gasteiger partial charge in [0.25, 0.3) is 0 Å². The van der Waals surface area contributed by atoms with Crippen LogP contribution >= 0.6 is 11.6 Å². The lowest BCUT2D eigenvalue weighted by Gasteiger charge is -2.12. The van der Waals surface area contributed by atoms with Crippen LogP contribution in [0.3, 0.4) is 0 Å². The molecule has 2 heterocycles. The molecule has 0 radical (unpaired) electrons. The molecule has 0 aliphatic carbocycles. The third kappa shape index (κ3) is 5.16. The summed E-state index contributed by atoms with van der Waals surface area (Å²) in [6.07, 6.45) is -0.710. The number of fused-ring (bicyclic) bond motifs is 1. The van der Waals surface area contributed by atoms with Crippen molar-refractivity contribution in [3.05, 3.63) is 53.1 Å². The SMILES string of the molecule is CC(O)CNc1nc(Oc2ccc(F)cc2F)nc2n[nH]c(-c3cc(OCCO)ccc3Cl)c12. The number of aromatic nitrogens is 4. The van der Waals surface area contributed by atoms with Gasteiger partial charge in [-0.25, -0.2) is 8.78 Å². The van der Waals surface area contributed by atoms with E-state index in [4.69, 9.17) is 26.2 Å². The second-order valence-corrected chi connectivity index (χ2v) is 7.68. The molecule has 1 unspecified atom stereocenters. The number of benzene rings is 2. The molecule has 2 aromatic carbocycles. The third-order valence-corrected chi connectivity index (χ3v) is 4.95. The van der Waals surface area contributed by atoms with Crippen molar-refractivity contribution in [2.75, 3.05) is 25.1 Å². The van der Waals surface area contributed by atoms with Gasteiger partial charge >= 0.3 is 6.01 Å². The summed E-state index contributed by atoms with van der Waals surface area (Å²) in [4.78, 5) is 8.53. The summed E-state index contributed by atoms with van der Waals surface area (Å²) in [6.45, 7) is 1.68. The second-order valence-electron chi connectivity index (χ2n) is 7.27. The number of nitrogens with one attached hydrogen (secondary N) is 2. The minimum atomic E-state index is -0.920. The molecule has 0 spiro atoms. The van der Waals surface area contributed by atoms with Gasteiger partial charge in [0.05, 0.1) is 28.8 Å². The van der Waals surface area contributed by atoms with Gasteiger partial charge in [-0.2, -0.15) is 15.1 Å². The fourth-order valence-electron chi connectivity index (χ4n) is 3.12. The first-order valence-electron chi connectivity index (χ1n) is 10.2. The summed E-state index contributed by atoms with van der Waals surface area (Å²) in [6, 6.07) is 7.57. The van der Waals surface area contributed by atoms with E-state index in [0.717, 1.165) is 12.1 Å². The van der Waals surface area contributed by atoms with Crippen LogP contribution < -0.4 is 14.8 Å². The van der Waals surface area contributed by atoms with Crippen LogP contribution in [-0.2, 0) is 0 Å². The van der Waals surface area contributed by atoms with Gasteiger partial charge in [-0.3, -0.25) is 5.10 Å². The summed E-state index contributed by atoms with van der Waals surface area (Å²) in [5, 5.41) is 29.7. The molecule has 4 N–H and O–H groups in total. The molecular formula is C22H20ClF2N5O4. The third-order valence-electron chi connectivity index (χ3n) is 4.62. The topological polar surface area (TPSA) is 125 Å². The van der Waals surface area contributed by atoms with E-state index >= 15 is 0 Å². The molecule has 0 bridgehead atoms. The summed E-state index contributed by atoms with van der Waals surface area (Å²) in [5.41, 5.74) is 1.16. The Morgan fingerprint density at radius 2 is 2.00 bits per heavy atom. The molecule has 9 nitrogen and oxygen atoms in total. The number of nitrogens with zero attached hydrogens (tertiary/aromatic N) is 3. The van der Waals surface area contributed by atoms with Gasteiger partial charge in [0.15, 0.2) is 17.2 Å². The highest BCUT2D eigenvalue weighted by molar-refractivity contribution is 6.33. The van der Waals surface area contributed by atoms with Crippen LogP contribution in [0.1, 0.15) is 6.92 Å². The largest absolute Gasteiger partial charge is 0.491 e. The molecule has 178 valence electrons. The Hall–Kier alpha value is -3.54. The highest BCUT2D eigenvalue weighted by Gasteiger charge is 2.20. The van der Waals surface area contributed by atoms with E-state index in [2.05, 4.69) is 25.5 Å². The van der Waals surface area contributed by atoms with E-state index in [1.54, 1.807) is 25.1 Å². The molecule has 0 saturated carbocycles. The van der Waals surface area contributed by atoms with E-state index in [1.165, 1.54) is 0 Å². The molecule has 34 heavy (non-hydrogen) atoms. The number of rotatable bonds is 9. The highest BCUT2D eigenvalue weighted by atomic mass is 35.5. The maximum Gasteiger partial charge on any atom is 0.326 e. The molecule has 4 rings (SSSR count). The quantitative estimate of drug-likeness (QED) is 0.278. The fourth-order valence-corrected chi connectivity index (χ4v) is 3.34. The van der Waals surface area contributed by atoms with E-state index in [1.807, 2.05) is 0 Å². The first kappa shape index (κ1) is 23.6.